The Balaban J connectivity index is 1.25. The van der Waals surface area contributed by atoms with Crippen molar-refractivity contribution in [1.29, 1.82) is 0 Å². The van der Waals surface area contributed by atoms with Gasteiger partial charge < -0.3 is 9.32 Å². The van der Waals surface area contributed by atoms with Crippen molar-refractivity contribution in [1.82, 2.24) is 0 Å². The lowest BCUT2D eigenvalue weighted by Gasteiger charge is -2.33. The molecule has 1 heterocycles. The van der Waals surface area contributed by atoms with E-state index in [0.717, 1.165) is 33.3 Å². The van der Waals surface area contributed by atoms with Gasteiger partial charge in [-0.2, -0.15) is 0 Å². The number of hydrogen-bond acceptors (Lipinski definition) is 2. The third-order valence-corrected chi connectivity index (χ3v) is 10.8. The molecule has 51 heavy (non-hydrogen) atoms. The Morgan fingerprint density at radius 1 is 0.490 bits per heavy atom. The second-order valence-corrected chi connectivity index (χ2v) is 15.4. The molecule has 0 atom stereocenters. The Hall–Kier alpha value is -5.86. The summed E-state index contributed by atoms with van der Waals surface area (Å²) in [5.74, 6) is 0. The summed E-state index contributed by atoms with van der Waals surface area (Å²) >= 11 is 0. The molecule has 2 heteroatoms. The van der Waals surface area contributed by atoms with Crippen LogP contribution < -0.4 is 4.90 Å². The molecule has 0 bridgehead atoms. The van der Waals surface area contributed by atoms with E-state index in [9.17, 15) is 0 Å². The smallest absolute Gasteiger partial charge is 0.136 e. The van der Waals surface area contributed by atoms with Gasteiger partial charge >= 0.3 is 0 Å². The van der Waals surface area contributed by atoms with Crippen molar-refractivity contribution in [3.05, 3.63) is 174 Å². The number of hydrogen-bond donors (Lipinski definition) is 0. The Morgan fingerprint density at radius 3 is 1.92 bits per heavy atom. The van der Waals surface area contributed by atoms with Crippen molar-refractivity contribution in [2.24, 2.45) is 0 Å². The molecular weight excluding hydrogens is 619 g/mol. The highest BCUT2D eigenvalue weighted by atomic mass is 16.3. The standard InChI is InChI=1S/C49H41NO/c1-48(2,3)43-30-34(37-18-13-21-46-47(37)40-17-10-12-20-45(40)51-46)24-29-44(43)50(35-25-22-33(23-26-35)32-14-7-6-8-15-32)36-27-28-39-38-16-9-11-19-41(38)49(4,5)42(39)31-36/h6-31H,1-5H3. The number of anilines is 3. The highest BCUT2D eigenvalue weighted by molar-refractivity contribution is 6.12. The lowest BCUT2D eigenvalue weighted by atomic mass is 9.82. The van der Waals surface area contributed by atoms with E-state index in [1.54, 1.807) is 0 Å². The van der Waals surface area contributed by atoms with Crippen LogP contribution in [0.25, 0.3) is 55.3 Å². The molecule has 7 aromatic carbocycles. The third kappa shape index (κ3) is 5.09. The van der Waals surface area contributed by atoms with Crippen LogP contribution in [0.4, 0.5) is 17.1 Å². The Morgan fingerprint density at radius 2 is 1.12 bits per heavy atom. The van der Waals surface area contributed by atoms with Crippen molar-refractivity contribution in [3.8, 4) is 33.4 Å². The minimum absolute atomic E-state index is 0.104. The van der Waals surface area contributed by atoms with Crippen LogP contribution in [-0.2, 0) is 10.8 Å². The van der Waals surface area contributed by atoms with Crippen LogP contribution in [0.15, 0.2) is 162 Å². The molecular formula is C49H41NO. The zero-order valence-corrected chi connectivity index (χ0v) is 29.9. The number of benzene rings is 7. The first-order valence-corrected chi connectivity index (χ1v) is 17.9. The minimum atomic E-state index is -0.147. The molecule has 2 nitrogen and oxygen atoms in total. The fourth-order valence-electron chi connectivity index (χ4n) is 8.21. The van der Waals surface area contributed by atoms with Crippen LogP contribution in [-0.4, -0.2) is 0 Å². The maximum Gasteiger partial charge on any atom is 0.136 e. The largest absolute Gasteiger partial charge is 0.456 e. The topological polar surface area (TPSA) is 16.4 Å². The number of fused-ring (bicyclic) bond motifs is 6. The lowest BCUT2D eigenvalue weighted by molar-refractivity contribution is 0.591. The van der Waals surface area contributed by atoms with E-state index < -0.39 is 0 Å². The third-order valence-electron chi connectivity index (χ3n) is 10.8. The van der Waals surface area contributed by atoms with Crippen LogP contribution in [0.1, 0.15) is 51.3 Å². The molecule has 1 aliphatic carbocycles. The molecule has 248 valence electrons. The van der Waals surface area contributed by atoms with E-state index in [-0.39, 0.29) is 10.8 Å². The molecule has 0 saturated carbocycles. The first-order chi connectivity index (χ1) is 24.7. The summed E-state index contributed by atoms with van der Waals surface area (Å²) in [6, 6.07) is 57.4. The van der Waals surface area contributed by atoms with Gasteiger partial charge in [0.05, 0.1) is 0 Å². The van der Waals surface area contributed by atoms with Gasteiger partial charge in [0.1, 0.15) is 11.2 Å². The van der Waals surface area contributed by atoms with Crippen molar-refractivity contribution < 1.29 is 4.42 Å². The second kappa shape index (κ2) is 11.6. The normalized spacial score (nSPS) is 13.4. The fraction of sp³-hybridized carbons (Fsp3) is 0.143. The SMILES string of the molecule is CC(C)(C)c1cc(-c2cccc3oc4ccccc4c23)ccc1N(c1ccc(-c2ccccc2)cc1)c1ccc2c(c1)C(C)(C)c1ccccc1-2. The number of para-hydroxylation sites is 1. The van der Waals surface area contributed by atoms with E-state index in [2.05, 4.69) is 191 Å². The van der Waals surface area contributed by atoms with Crippen LogP contribution in [0.5, 0.6) is 0 Å². The highest BCUT2D eigenvalue weighted by Crippen LogP contribution is 2.51. The molecule has 0 amide bonds. The first-order valence-electron chi connectivity index (χ1n) is 17.9. The van der Waals surface area contributed by atoms with E-state index in [0.29, 0.717) is 0 Å². The maximum atomic E-state index is 6.30. The molecule has 0 N–H and O–H groups in total. The second-order valence-electron chi connectivity index (χ2n) is 15.4. The molecule has 0 unspecified atom stereocenters. The predicted octanol–water partition coefficient (Wildman–Crippen LogP) is 14.0. The van der Waals surface area contributed by atoms with Crippen LogP contribution in [0.2, 0.25) is 0 Å². The van der Waals surface area contributed by atoms with Gasteiger partial charge in [0.2, 0.25) is 0 Å². The molecule has 0 saturated heterocycles. The van der Waals surface area contributed by atoms with E-state index >= 15 is 0 Å². The molecule has 0 fully saturated rings. The number of nitrogens with zero attached hydrogens (tertiary/aromatic N) is 1. The molecule has 8 aromatic rings. The van der Waals surface area contributed by atoms with E-state index in [4.69, 9.17) is 4.42 Å². The van der Waals surface area contributed by atoms with Gasteiger partial charge in [-0.05, 0) is 104 Å². The van der Waals surface area contributed by atoms with Crippen molar-refractivity contribution in [2.45, 2.75) is 45.4 Å². The quantitative estimate of drug-likeness (QED) is 0.183. The zero-order chi connectivity index (χ0) is 34.9. The van der Waals surface area contributed by atoms with Gasteiger partial charge in [-0.25, -0.2) is 0 Å². The Labute approximate surface area is 300 Å². The van der Waals surface area contributed by atoms with Gasteiger partial charge in [-0.3, -0.25) is 0 Å². The van der Waals surface area contributed by atoms with Crippen LogP contribution >= 0.6 is 0 Å². The lowest BCUT2D eigenvalue weighted by Crippen LogP contribution is -2.20. The highest BCUT2D eigenvalue weighted by Gasteiger charge is 2.36. The summed E-state index contributed by atoms with van der Waals surface area (Å²) in [7, 11) is 0. The van der Waals surface area contributed by atoms with Crippen molar-refractivity contribution in [2.75, 3.05) is 4.90 Å². The molecule has 9 rings (SSSR count). The van der Waals surface area contributed by atoms with Gasteiger partial charge in [-0.1, -0.05) is 144 Å². The summed E-state index contributed by atoms with van der Waals surface area (Å²) < 4.78 is 6.30. The van der Waals surface area contributed by atoms with Gasteiger partial charge in [-0.15, -0.1) is 0 Å². The fourth-order valence-corrected chi connectivity index (χ4v) is 8.21. The van der Waals surface area contributed by atoms with Crippen LogP contribution in [0, 0.1) is 0 Å². The summed E-state index contributed by atoms with van der Waals surface area (Å²) in [4.78, 5) is 2.46. The van der Waals surface area contributed by atoms with Gasteiger partial charge in [0, 0.05) is 33.2 Å². The number of furan rings is 1. The van der Waals surface area contributed by atoms with Crippen molar-refractivity contribution >= 4 is 39.0 Å². The van der Waals surface area contributed by atoms with E-state index in [1.165, 1.54) is 55.8 Å². The maximum absolute atomic E-state index is 6.30. The summed E-state index contributed by atoms with van der Waals surface area (Å²) in [5.41, 5.74) is 16.5. The van der Waals surface area contributed by atoms with Gasteiger partial charge in [0.15, 0.2) is 0 Å². The van der Waals surface area contributed by atoms with Gasteiger partial charge in [0.25, 0.3) is 0 Å². The molecule has 1 aliphatic rings. The Kier molecular flexibility index (Phi) is 7.09. The Bertz CT molecular complexity index is 2580. The zero-order valence-electron chi connectivity index (χ0n) is 29.9. The predicted molar refractivity (Wildman–Crippen MR) is 216 cm³/mol. The molecule has 1 aromatic heterocycles. The summed E-state index contributed by atoms with van der Waals surface area (Å²) in [6.45, 7) is 11.7. The average Bonchev–Trinajstić information content (AvgIpc) is 3.64. The average molecular weight is 660 g/mol. The van der Waals surface area contributed by atoms with Crippen molar-refractivity contribution in [3.63, 3.8) is 0 Å². The minimum Gasteiger partial charge on any atom is -0.456 e. The van der Waals surface area contributed by atoms with E-state index in [1.807, 2.05) is 6.07 Å². The molecule has 0 spiro atoms. The monoisotopic (exact) mass is 659 g/mol. The molecule has 0 radical (unpaired) electrons. The molecule has 0 aliphatic heterocycles. The first kappa shape index (κ1) is 31.1. The summed E-state index contributed by atoms with van der Waals surface area (Å²) in [6.07, 6.45) is 0. The number of rotatable bonds is 5. The summed E-state index contributed by atoms with van der Waals surface area (Å²) in [5, 5.41) is 2.31. The van der Waals surface area contributed by atoms with Crippen LogP contribution in [0.3, 0.4) is 0 Å².